The summed E-state index contributed by atoms with van der Waals surface area (Å²) in [4.78, 5) is 26.6. The van der Waals surface area contributed by atoms with Crippen molar-refractivity contribution >= 4 is 50.7 Å². The molecule has 2 aromatic carbocycles. The molecule has 0 heterocycles. The van der Waals surface area contributed by atoms with Crippen LogP contribution in [-0.2, 0) is 32.3 Å². The number of carbonyl (C=O) groups is 2. The molecule has 2 aromatic rings. The Labute approximate surface area is 205 Å². The number of likely N-dealkylation sites (N-methyl/N-ethyl adjacent to an activating group) is 1. The third-order valence-electron chi connectivity index (χ3n) is 4.90. The lowest BCUT2D eigenvalue weighted by Crippen LogP contribution is -2.50. The average molecular weight is 540 g/mol. The number of amides is 2. The average Bonchev–Trinajstić information content (AvgIpc) is 2.74. The second kappa shape index (κ2) is 10.8. The van der Waals surface area contributed by atoms with Gasteiger partial charge in [-0.1, -0.05) is 35.3 Å². The van der Waals surface area contributed by atoms with Gasteiger partial charge in [0, 0.05) is 18.6 Å². The molecule has 0 saturated carbocycles. The summed E-state index contributed by atoms with van der Waals surface area (Å²) in [6.07, 6.45) is -4.02. The Morgan fingerprint density at radius 2 is 1.68 bits per heavy atom. The van der Waals surface area contributed by atoms with E-state index in [0.717, 1.165) is 17.2 Å². The molecule has 186 valence electrons. The second-order valence-corrected chi connectivity index (χ2v) is 10.1. The van der Waals surface area contributed by atoms with Crippen molar-refractivity contribution in [2.24, 2.45) is 0 Å². The van der Waals surface area contributed by atoms with Gasteiger partial charge in [0.1, 0.15) is 12.6 Å². The summed E-state index contributed by atoms with van der Waals surface area (Å²) in [6, 6.07) is 7.54. The van der Waals surface area contributed by atoms with E-state index in [9.17, 15) is 31.2 Å². The molecule has 2 amide bonds. The van der Waals surface area contributed by atoms with Gasteiger partial charge >= 0.3 is 6.18 Å². The topological polar surface area (TPSA) is 86.8 Å². The molecule has 1 unspecified atom stereocenters. The predicted octanol–water partition coefficient (Wildman–Crippen LogP) is 3.94. The number of halogens is 5. The van der Waals surface area contributed by atoms with E-state index in [4.69, 9.17) is 23.2 Å². The van der Waals surface area contributed by atoms with E-state index >= 15 is 0 Å². The van der Waals surface area contributed by atoms with Gasteiger partial charge in [0.05, 0.1) is 22.5 Å². The van der Waals surface area contributed by atoms with E-state index in [2.05, 4.69) is 5.32 Å². The molecule has 0 aliphatic carbocycles. The molecule has 0 fully saturated rings. The van der Waals surface area contributed by atoms with E-state index in [0.29, 0.717) is 27.0 Å². The van der Waals surface area contributed by atoms with Gasteiger partial charge in [-0.15, -0.1) is 0 Å². The first-order valence-corrected chi connectivity index (χ1v) is 12.4. The number of hydrogen-bond donors (Lipinski definition) is 1. The van der Waals surface area contributed by atoms with Crippen LogP contribution in [0, 0.1) is 0 Å². The van der Waals surface area contributed by atoms with Crippen molar-refractivity contribution in [1.29, 1.82) is 0 Å². The van der Waals surface area contributed by atoms with E-state index in [1.54, 1.807) is 24.3 Å². The monoisotopic (exact) mass is 539 g/mol. The predicted molar refractivity (Wildman–Crippen MR) is 124 cm³/mol. The first kappa shape index (κ1) is 27.7. The molecule has 0 bridgehead atoms. The van der Waals surface area contributed by atoms with Gasteiger partial charge in [0.2, 0.25) is 21.8 Å². The number of nitrogens with zero attached hydrogens (tertiary/aromatic N) is 2. The molecule has 1 N–H and O–H groups in total. The van der Waals surface area contributed by atoms with Crippen LogP contribution in [-0.4, -0.2) is 51.0 Å². The normalized spacial score (nSPS) is 12.7. The maximum atomic E-state index is 13.2. The number of rotatable bonds is 8. The van der Waals surface area contributed by atoms with Crippen molar-refractivity contribution in [2.75, 3.05) is 24.2 Å². The Morgan fingerprint density at radius 1 is 1.09 bits per heavy atom. The summed E-state index contributed by atoms with van der Waals surface area (Å²) in [6.45, 7) is 0.474. The van der Waals surface area contributed by atoms with Gasteiger partial charge < -0.3 is 10.2 Å². The molecule has 0 radical (unpaired) electrons. The second-order valence-electron chi connectivity index (χ2n) is 7.37. The van der Waals surface area contributed by atoms with E-state index in [1.165, 1.54) is 14.0 Å². The Balaban J connectivity index is 2.48. The number of anilines is 1. The Kier molecular flexibility index (Phi) is 8.84. The summed E-state index contributed by atoms with van der Waals surface area (Å²) in [5.74, 6) is -1.35. The van der Waals surface area contributed by atoms with Crippen LogP contribution in [0.1, 0.15) is 18.1 Å². The molecule has 0 saturated heterocycles. The van der Waals surface area contributed by atoms with Crippen molar-refractivity contribution in [3.63, 3.8) is 0 Å². The molecule has 2 rings (SSSR count). The third kappa shape index (κ3) is 7.00. The molecule has 0 aliphatic rings. The van der Waals surface area contributed by atoms with Gasteiger partial charge in [0.25, 0.3) is 0 Å². The summed E-state index contributed by atoms with van der Waals surface area (Å²) in [5.41, 5.74) is -1.05. The Hall–Kier alpha value is -2.50. The summed E-state index contributed by atoms with van der Waals surface area (Å²) in [7, 11) is -2.88. The lowest BCUT2D eigenvalue weighted by Gasteiger charge is -2.31. The number of hydrogen-bond acceptors (Lipinski definition) is 4. The van der Waals surface area contributed by atoms with E-state index in [1.807, 2.05) is 0 Å². The van der Waals surface area contributed by atoms with E-state index in [-0.39, 0.29) is 11.6 Å². The van der Waals surface area contributed by atoms with Gasteiger partial charge in [0.15, 0.2) is 0 Å². The van der Waals surface area contributed by atoms with Crippen molar-refractivity contribution in [3.05, 3.63) is 63.6 Å². The van der Waals surface area contributed by atoms with Gasteiger partial charge in [-0.3, -0.25) is 13.9 Å². The van der Waals surface area contributed by atoms with Crippen LogP contribution in [0.2, 0.25) is 10.0 Å². The smallest absolute Gasteiger partial charge is 0.357 e. The van der Waals surface area contributed by atoms with Gasteiger partial charge in [-0.2, -0.15) is 13.2 Å². The number of benzene rings is 2. The summed E-state index contributed by atoms with van der Waals surface area (Å²) in [5, 5.41) is 2.56. The molecule has 34 heavy (non-hydrogen) atoms. The highest BCUT2D eigenvalue weighted by molar-refractivity contribution is 7.92. The largest absolute Gasteiger partial charge is 0.416 e. The van der Waals surface area contributed by atoms with Crippen LogP contribution in [0.4, 0.5) is 18.9 Å². The quantitative estimate of drug-likeness (QED) is 0.550. The maximum absolute atomic E-state index is 13.2. The zero-order chi connectivity index (χ0) is 25.8. The lowest BCUT2D eigenvalue weighted by atomic mass is 10.1. The first-order valence-electron chi connectivity index (χ1n) is 9.75. The fourth-order valence-corrected chi connectivity index (χ4v) is 4.30. The van der Waals surface area contributed by atoms with Crippen LogP contribution >= 0.6 is 23.2 Å². The number of alkyl halides is 3. The fraction of sp³-hybridized carbons (Fsp3) is 0.333. The zero-order valence-corrected chi connectivity index (χ0v) is 20.7. The Morgan fingerprint density at radius 3 is 2.18 bits per heavy atom. The minimum absolute atomic E-state index is 0.0848. The van der Waals surface area contributed by atoms with Gasteiger partial charge in [-0.05, 0) is 42.8 Å². The van der Waals surface area contributed by atoms with Crippen LogP contribution in [0.3, 0.4) is 0 Å². The van der Waals surface area contributed by atoms with Crippen LogP contribution in [0.15, 0.2) is 42.5 Å². The lowest BCUT2D eigenvalue weighted by molar-refractivity contribution is -0.139. The Bertz CT molecular complexity index is 1160. The number of sulfonamides is 1. The maximum Gasteiger partial charge on any atom is 0.416 e. The molecule has 7 nitrogen and oxygen atoms in total. The van der Waals surface area contributed by atoms with Crippen LogP contribution in [0.5, 0.6) is 0 Å². The molecule has 1 atom stereocenters. The van der Waals surface area contributed by atoms with Gasteiger partial charge in [-0.25, -0.2) is 8.42 Å². The van der Waals surface area contributed by atoms with Crippen LogP contribution < -0.4 is 9.62 Å². The van der Waals surface area contributed by atoms with E-state index < -0.39 is 51.9 Å². The first-order chi connectivity index (χ1) is 15.6. The molecular formula is C21H22Cl2F3N3O4S. The highest BCUT2D eigenvalue weighted by Crippen LogP contribution is 2.36. The third-order valence-corrected chi connectivity index (χ3v) is 6.60. The van der Waals surface area contributed by atoms with Crippen molar-refractivity contribution in [3.8, 4) is 0 Å². The standard InChI is InChI=1S/C21H22Cl2F3N3O4S/c1-13(20(31)27-2)28(11-14-4-7-16(22)8-5-14)19(30)12-29(34(3,32)33)18-10-15(21(24,25)26)6-9-17(18)23/h4-10,13H,11-12H2,1-3H3,(H,27,31). The number of carbonyl (C=O) groups excluding carboxylic acids is 2. The summed E-state index contributed by atoms with van der Waals surface area (Å²) < 4.78 is 65.1. The molecule has 0 aromatic heterocycles. The SMILES string of the molecule is CNC(=O)C(C)N(Cc1ccc(Cl)cc1)C(=O)CN(c1cc(C(F)(F)F)ccc1Cl)S(C)(=O)=O. The highest BCUT2D eigenvalue weighted by Gasteiger charge is 2.34. The molecular weight excluding hydrogens is 518 g/mol. The summed E-state index contributed by atoms with van der Waals surface area (Å²) >= 11 is 11.9. The molecule has 13 heteroatoms. The zero-order valence-electron chi connectivity index (χ0n) is 18.4. The minimum Gasteiger partial charge on any atom is -0.357 e. The molecule has 0 aliphatic heterocycles. The molecule has 0 spiro atoms. The minimum atomic E-state index is -4.76. The fourth-order valence-electron chi connectivity index (χ4n) is 3.05. The van der Waals surface area contributed by atoms with Crippen molar-refractivity contribution < 1.29 is 31.2 Å². The highest BCUT2D eigenvalue weighted by atomic mass is 35.5. The number of nitrogens with one attached hydrogen (secondary N) is 1. The van der Waals surface area contributed by atoms with Crippen molar-refractivity contribution in [2.45, 2.75) is 25.7 Å². The van der Waals surface area contributed by atoms with Crippen molar-refractivity contribution in [1.82, 2.24) is 10.2 Å². The van der Waals surface area contributed by atoms with Crippen LogP contribution in [0.25, 0.3) is 0 Å².